The zero-order valence-corrected chi connectivity index (χ0v) is 13.5. The maximum absolute atomic E-state index is 5.91. The lowest BCUT2D eigenvalue weighted by Gasteiger charge is -2.13. The van der Waals surface area contributed by atoms with Gasteiger partial charge >= 0.3 is 0 Å². The number of hydrogen-bond acceptors (Lipinski definition) is 4. The lowest BCUT2D eigenvalue weighted by Crippen LogP contribution is -2.16. The van der Waals surface area contributed by atoms with E-state index in [0.717, 1.165) is 47.7 Å². The van der Waals surface area contributed by atoms with Crippen molar-refractivity contribution in [3.8, 4) is 0 Å². The summed E-state index contributed by atoms with van der Waals surface area (Å²) in [4.78, 5) is 0. The van der Waals surface area contributed by atoms with Gasteiger partial charge < -0.3 is 9.30 Å². The van der Waals surface area contributed by atoms with Gasteiger partial charge in [0.15, 0.2) is 5.16 Å². The lowest BCUT2D eigenvalue weighted by molar-refractivity contribution is 0.0944. The Kier molecular flexibility index (Phi) is 4.83. The van der Waals surface area contributed by atoms with Crippen LogP contribution in [-0.2, 0) is 17.0 Å². The van der Waals surface area contributed by atoms with Gasteiger partial charge in [-0.2, -0.15) is 0 Å². The van der Waals surface area contributed by atoms with Gasteiger partial charge in [-0.1, -0.05) is 35.5 Å². The van der Waals surface area contributed by atoms with Crippen LogP contribution in [0.15, 0.2) is 29.4 Å². The first-order valence-electron chi connectivity index (χ1n) is 7.11. The summed E-state index contributed by atoms with van der Waals surface area (Å²) in [5.74, 6) is 1.81. The standard InChI is InChI=1S/C15H18ClN3OS/c1-11-17-18-15(19(11)9-14-3-2-8-20-14)21-10-12-4-6-13(16)7-5-12/h4-7,14H,2-3,8-10H2,1H3/t14-/m1/s1. The molecule has 1 saturated heterocycles. The molecule has 1 aromatic heterocycles. The van der Waals surface area contributed by atoms with Crippen molar-refractivity contribution < 1.29 is 4.74 Å². The van der Waals surface area contributed by atoms with Crippen molar-refractivity contribution in [1.29, 1.82) is 0 Å². The zero-order chi connectivity index (χ0) is 14.7. The number of nitrogens with zero attached hydrogens (tertiary/aromatic N) is 3. The van der Waals surface area contributed by atoms with Crippen LogP contribution in [0, 0.1) is 6.92 Å². The molecule has 0 radical (unpaired) electrons. The molecule has 0 N–H and O–H groups in total. The second-order valence-electron chi connectivity index (χ2n) is 5.19. The molecule has 3 rings (SSSR count). The highest BCUT2D eigenvalue weighted by Gasteiger charge is 2.19. The number of ether oxygens (including phenoxy) is 1. The number of halogens is 1. The minimum Gasteiger partial charge on any atom is -0.376 e. The smallest absolute Gasteiger partial charge is 0.191 e. The fourth-order valence-electron chi connectivity index (χ4n) is 2.40. The minimum absolute atomic E-state index is 0.301. The number of benzene rings is 1. The Morgan fingerprint density at radius 1 is 1.33 bits per heavy atom. The highest BCUT2D eigenvalue weighted by atomic mass is 35.5. The fourth-order valence-corrected chi connectivity index (χ4v) is 3.47. The molecule has 1 aliphatic heterocycles. The number of rotatable bonds is 5. The number of thioether (sulfide) groups is 1. The van der Waals surface area contributed by atoms with Crippen molar-refractivity contribution in [3.63, 3.8) is 0 Å². The summed E-state index contributed by atoms with van der Waals surface area (Å²) in [6.07, 6.45) is 2.58. The van der Waals surface area contributed by atoms with Crippen molar-refractivity contribution >= 4 is 23.4 Å². The topological polar surface area (TPSA) is 39.9 Å². The lowest BCUT2D eigenvalue weighted by atomic mass is 10.2. The molecule has 1 atom stereocenters. The van der Waals surface area contributed by atoms with Crippen LogP contribution in [0.1, 0.15) is 24.2 Å². The van der Waals surface area contributed by atoms with Gasteiger partial charge in [-0.25, -0.2) is 0 Å². The number of hydrogen-bond donors (Lipinski definition) is 0. The normalized spacial score (nSPS) is 18.3. The van der Waals surface area contributed by atoms with E-state index >= 15 is 0 Å². The summed E-state index contributed by atoms with van der Waals surface area (Å²) >= 11 is 7.61. The molecule has 2 heterocycles. The number of aryl methyl sites for hydroxylation is 1. The zero-order valence-electron chi connectivity index (χ0n) is 12.0. The van der Waals surface area contributed by atoms with E-state index in [2.05, 4.69) is 14.8 Å². The van der Waals surface area contributed by atoms with Gasteiger partial charge in [0.2, 0.25) is 0 Å². The third kappa shape index (κ3) is 3.78. The molecule has 0 bridgehead atoms. The largest absolute Gasteiger partial charge is 0.376 e. The Hall–Kier alpha value is -1.04. The van der Waals surface area contributed by atoms with Crippen molar-refractivity contribution in [3.05, 3.63) is 40.7 Å². The molecule has 4 nitrogen and oxygen atoms in total. The Labute approximate surface area is 133 Å². The predicted molar refractivity (Wildman–Crippen MR) is 84.7 cm³/mol. The molecule has 112 valence electrons. The van der Waals surface area contributed by atoms with Gasteiger partial charge in [-0.15, -0.1) is 10.2 Å². The first-order chi connectivity index (χ1) is 10.2. The molecule has 0 saturated carbocycles. The summed E-state index contributed by atoms with van der Waals surface area (Å²) < 4.78 is 7.88. The van der Waals surface area contributed by atoms with Crippen LogP contribution in [-0.4, -0.2) is 27.5 Å². The van der Waals surface area contributed by atoms with E-state index in [0.29, 0.717) is 6.10 Å². The summed E-state index contributed by atoms with van der Waals surface area (Å²) in [7, 11) is 0. The van der Waals surface area contributed by atoms with E-state index < -0.39 is 0 Å². The van der Waals surface area contributed by atoms with Crippen molar-refractivity contribution in [2.75, 3.05) is 6.61 Å². The van der Waals surface area contributed by atoms with Crippen LogP contribution in [0.2, 0.25) is 5.02 Å². The number of aromatic nitrogens is 3. The van der Waals surface area contributed by atoms with E-state index in [9.17, 15) is 0 Å². The van der Waals surface area contributed by atoms with Crippen LogP contribution in [0.25, 0.3) is 0 Å². The molecule has 0 amide bonds. The summed E-state index contributed by atoms with van der Waals surface area (Å²) in [5.41, 5.74) is 1.23. The summed E-state index contributed by atoms with van der Waals surface area (Å²) in [5, 5.41) is 10.2. The van der Waals surface area contributed by atoms with Gasteiger partial charge in [0.05, 0.1) is 12.6 Å². The van der Waals surface area contributed by atoms with E-state index in [4.69, 9.17) is 16.3 Å². The Balaban J connectivity index is 1.66. The molecule has 6 heteroatoms. The van der Waals surface area contributed by atoms with Gasteiger partial charge in [-0.05, 0) is 37.5 Å². The SMILES string of the molecule is Cc1nnc(SCc2ccc(Cl)cc2)n1C[C@H]1CCCO1. The van der Waals surface area contributed by atoms with Crippen LogP contribution < -0.4 is 0 Å². The molecule has 1 aliphatic rings. The molecular weight excluding hydrogens is 306 g/mol. The second kappa shape index (κ2) is 6.81. The van der Waals surface area contributed by atoms with Gasteiger partial charge in [0, 0.05) is 17.4 Å². The van der Waals surface area contributed by atoms with Gasteiger partial charge in [0.25, 0.3) is 0 Å². The maximum atomic E-state index is 5.91. The maximum Gasteiger partial charge on any atom is 0.191 e. The van der Waals surface area contributed by atoms with E-state index in [1.807, 2.05) is 31.2 Å². The monoisotopic (exact) mass is 323 g/mol. The molecule has 0 spiro atoms. The van der Waals surface area contributed by atoms with Crippen LogP contribution in [0.5, 0.6) is 0 Å². The highest BCUT2D eigenvalue weighted by Crippen LogP contribution is 2.24. The van der Waals surface area contributed by atoms with Crippen molar-refractivity contribution in [2.45, 2.75) is 43.3 Å². The van der Waals surface area contributed by atoms with E-state index in [1.54, 1.807) is 11.8 Å². The average molecular weight is 324 g/mol. The third-order valence-electron chi connectivity index (χ3n) is 3.59. The average Bonchev–Trinajstić information content (AvgIpc) is 3.11. The Bertz CT molecular complexity index is 593. The molecule has 21 heavy (non-hydrogen) atoms. The summed E-state index contributed by atoms with van der Waals surface area (Å²) in [6.45, 7) is 3.72. The van der Waals surface area contributed by atoms with Gasteiger partial charge in [0.1, 0.15) is 5.82 Å². The van der Waals surface area contributed by atoms with Crippen molar-refractivity contribution in [2.24, 2.45) is 0 Å². The van der Waals surface area contributed by atoms with E-state index in [1.165, 1.54) is 5.56 Å². The molecule has 2 aromatic rings. The Morgan fingerprint density at radius 3 is 2.86 bits per heavy atom. The third-order valence-corrected chi connectivity index (χ3v) is 4.88. The quantitative estimate of drug-likeness (QED) is 0.786. The van der Waals surface area contributed by atoms with Crippen LogP contribution in [0.4, 0.5) is 0 Å². The molecule has 1 aromatic carbocycles. The molecule has 0 aliphatic carbocycles. The molecular formula is C15H18ClN3OS. The minimum atomic E-state index is 0.301. The Morgan fingerprint density at radius 2 is 2.14 bits per heavy atom. The second-order valence-corrected chi connectivity index (χ2v) is 6.57. The van der Waals surface area contributed by atoms with Crippen LogP contribution in [0.3, 0.4) is 0 Å². The molecule has 1 fully saturated rings. The fraction of sp³-hybridized carbons (Fsp3) is 0.467. The van der Waals surface area contributed by atoms with E-state index in [-0.39, 0.29) is 0 Å². The first-order valence-corrected chi connectivity index (χ1v) is 8.47. The first kappa shape index (κ1) is 14.9. The summed E-state index contributed by atoms with van der Waals surface area (Å²) in [6, 6.07) is 7.92. The van der Waals surface area contributed by atoms with Crippen molar-refractivity contribution in [1.82, 2.24) is 14.8 Å². The van der Waals surface area contributed by atoms with Crippen LogP contribution >= 0.6 is 23.4 Å². The highest BCUT2D eigenvalue weighted by molar-refractivity contribution is 7.98. The van der Waals surface area contributed by atoms with Gasteiger partial charge in [-0.3, -0.25) is 0 Å². The predicted octanol–water partition coefficient (Wildman–Crippen LogP) is 3.71. The molecule has 0 unspecified atom stereocenters.